The summed E-state index contributed by atoms with van der Waals surface area (Å²) in [7, 11) is 3.54. The molecule has 1 saturated heterocycles. The highest BCUT2D eigenvalue weighted by molar-refractivity contribution is 7.16. The zero-order valence-electron chi connectivity index (χ0n) is 19.5. The van der Waals surface area contributed by atoms with E-state index in [9.17, 15) is 9.18 Å². The third kappa shape index (κ3) is 4.91. The quantitative estimate of drug-likeness (QED) is 0.525. The lowest BCUT2D eigenvalue weighted by Crippen LogP contribution is -2.45. The van der Waals surface area contributed by atoms with Crippen LogP contribution >= 0.6 is 11.3 Å². The fraction of sp³-hybridized carbons (Fsp3) is 0.400. The molecule has 2 aromatic heterocycles. The van der Waals surface area contributed by atoms with Crippen molar-refractivity contribution in [3.63, 3.8) is 0 Å². The van der Waals surface area contributed by atoms with Crippen molar-refractivity contribution >= 4 is 17.2 Å². The predicted molar refractivity (Wildman–Crippen MR) is 128 cm³/mol. The highest BCUT2D eigenvalue weighted by Gasteiger charge is 2.28. The van der Waals surface area contributed by atoms with E-state index in [4.69, 9.17) is 4.74 Å². The van der Waals surface area contributed by atoms with Crippen LogP contribution in [-0.2, 0) is 6.54 Å². The van der Waals surface area contributed by atoms with Gasteiger partial charge in [-0.25, -0.2) is 9.37 Å². The van der Waals surface area contributed by atoms with Gasteiger partial charge in [-0.1, -0.05) is 12.1 Å². The minimum absolute atomic E-state index is 0.0608. The molecule has 0 atom stereocenters. The van der Waals surface area contributed by atoms with Gasteiger partial charge in [0.05, 0.1) is 19.0 Å². The molecule has 1 aliphatic heterocycles. The predicted octanol–water partition coefficient (Wildman–Crippen LogP) is 4.71. The number of nitrogens with zero attached hydrogens (tertiary/aromatic N) is 4. The van der Waals surface area contributed by atoms with Crippen LogP contribution in [0.5, 0.6) is 5.75 Å². The number of halogens is 1. The molecule has 4 rings (SSSR count). The minimum atomic E-state index is -0.331. The molecule has 3 aromatic rings. The molecule has 0 radical (unpaired) electrons. The van der Waals surface area contributed by atoms with Crippen molar-refractivity contribution in [1.29, 1.82) is 0 Å². The van der Waals surface area contributed by atoms with Gasteiger partial charge in [-0.3, -0.25) is 14.7 Å². The number of methoxy groups -OCH3 is 1. The summed E-state index contributed by atoms with van der Waals surface area (Å²) in [6, 6.07) is 6.66. The van der Waals surface area contributed by atoms with Crippen LogP contribution in [0, 0.1) is 19.7 Å². The molecule has 1 aromatic carbocycles. The molecular weight excluding hydrogens is 439 g/mol. The zero-order chi connectivity index (χ0) is 23.5. The van der Waals surface area contributed by atoms with Crippen molar-refractivity contribution in [2.24, 2.45) is 0 Å². The average molecular weight is 469 g/mol. The molecule has 0 spiro atoms. The molecule has 1 fully saturated rings. The van der Waals surface area contributed by atoms with E-state index in [0.29, 0.717) is 15.4 Å². The summed E-state index contributed by atoms with van der Waals surface area (Å²) in [4.78, 5) is 26.7. The number of carbonyl (C=O) groups excluding carboxylic acids is 1. The maximum atomic E-state index is 14.1. The lowest BCUT2D eigenvalue weighted by Gasteiger charge is -2.36. The number of thiazole rings is 1. The third-order valence-corrected chi connectivity index (χ3v) is 7.39. The maximum absolute atomic E-state index is 14.1. The standard InChI is InChI=1S/C25H29FN4O2S/c1-16-13-27-21(17(2)23(16)32-4)15-30-11-9-18(10-12-30)29(3)25(31)22-14-28-24(33-22)19-7-5-6-8-20(19)26/h5-8,13-14,18H,9-12,15H2,1-4H3. The van der Waals surface area contributed by atoms with Crippen LogP contribution in [0.3, 0.4) is 0 Å². The van der Waals surface area contributed by atoms with Crippen LogP contribution in [0.1, 0.15) is 39.3 Å². The molecule has 8 heteroatoms. The molecule has 1 amide bonds. The normalized spacial score (nSPS) is 14.9. The lowest BCUT2D eigenvalue weighted by molar-refractivity contribution is 0.0639. The topological polar surface area (TPSA) is 58.6 Å². The SMILES string of the molecule is COc1c(C)cnc(CN2CCC(N(C)C(=O)c3cnc(-c4ccccc4F)s3)CC2)c1C. The van der Waals surface area contributed by atoms with Crippen LogP contribution in [0.25, 0.3) is 10.6 Å². The van der Waals surface area contributed by atoms with Gasteiger partial charge < -0.3 is 9.64 Å². The minimum Gasteiger partial charge on any atom is -0.496 e. The van der Waals surface area contributed by atoms with Gasteiger partial charge >= 0.3 is 0 Å². The van der Waals surface area contributed by atoms with Gasteiger partial charge in [-0.2, -0.15) is 0 Å². The van der Waals surface area contributed by atoms with Crippen molar-refractivity contribution in [3.05, 3.63) is 64.2 Å². The number of piperidine rings is 1. The maximum Gasteiger partial charge on any atom is 0.265 e. The number of pyridine rings is 1. The van der Waals surface area contributed by atoms with Crippen molar-refractivity contribution < 1.29 is 13.9 Å². The Kier molecular flexibility index (Phi) is 7.05. The van der Waals surface area contributed by atoms with Gasteiger partial charge in [0.2, 0.25) is 0 Å². The Balaban J connectivity index is 1.36. The second kappa shape index (κ2) is 9.97. The third-order valence-electron chi connectivity index (χ3n) is 6.37. The number of ether oxygens (including phenoxy) is 1. The number of benzene rings is 1. The Labute approximate surface area is 198 Å². The Bertz CT molecular complexity index is 1140. The van der Waals surface area contributed by atoms with Crippen LogP contribution in [-0.4, -0.2) is 59.0 Å². The first kappa shape index (κ1) is 23.3. The average Bonchev–Trinajstić information content (AvgIpc) is 3.31. The van der Waals surface area contributed by atoms with Crippen molar-refractivity contribution in [2.75, 3.05) is 27.2 Å². The molecule has 0 bridgehead atoms. The number of aromatic nitrogens is 2. The van der Waals surface area contributed by atoms with Crippen molar-refractivity contribution in [1.82, 2.24) is 19.8 Å². The second-order valence-electron chi connectivity index (χ2n) is 8.48. The van der Waals surface area contributed by atoms with Gasteiger partial charge in [0.1, 0.15) is 21.5 Å². The zero-order valence-corrected chi connectivity index (χ0v) is 20.3. The van der Waals surface area contributed by atoms with Gasteiger partial charge in [0, 0.05) is 55.6 Å². The number of hydrogen-bond acceptors (Lipinski definition) is 6. The molecule has 3 heterocycles. The number of likely N-dealkylation sites (tertiary alicyclic amines) is 1. The number of amides is 1. The summed E-state index contributed by atoms with van der Waals surface area (Å²) in [5.41, 5.74) is 3.58. The van der Waals surface area contributed by atoms with Crippen molar-refractivity contribution in [2.45, 2.75) is 39.3 Å². The monoisotopic (exact) mass is 468 g/mol. The van der Waals surface area contributed by atoms with Gasteiger partial charge in [0.15, 0.2) is 0 Å². The largest absolute Gasteiger partial charge is 0.496 e. The lowest BCUT2D eigenvalue weighted by atomic mass is 10.0. The van der Waals surface area contributed by atoms with E-state index in [1.54, 1.807) is 31.5 Å². The molecule has 0 aliphatic carbocycles. The molecule has 1 aliphatic rings. The van der Waals surface area contributed by atoms with Crippen LogP contribution in [0.2, 0.25) is 0 Å². The molecule has 6 nitrogen and oxygen atoms in total. The van der Waals surface area contributed by atoms with Crippen molar-refractivity contribution in [3.8, 4) is 16.3 Å². The summed E-state index contributed by atoms with van der Waals surface area (Å²) in [6.45, 7) is 6.61. The molecule has 0 saturated carbocycles. The van der Waals surface area contributed by atoms with Gasteiger partial charge in [0.25, 0.3) is 5.91 Å². The van der Waals surface area contributed by atoms with E-state index in [1.165, 1.54) is 17.4 Å². The van der Waals surface area contributed by atoms with E-state index in [1.807, 2.05) is 25.1 Å². The second-order valence-corrected chi connectivity index (χ2v) is 9.51. The highest BCUT2D eigenvalue weighted by atomic mass is 32.1. The Morgan fingerprint density at radius 1 is 1.21 bits per heavy atom. The number of carbonyl (C=O) groups is 1. The fourth-order valence-electron chi connectivity index (χ4n) is 4.38. The summed E-state index contributed by atoms with van der Waals surface area (Å²) in [6.07, 6.45) is 5.21. The van der Waals surface area contributed by atoms with Gasteiger partial charge in [-0.05, 0) is 38.8 Å². The number of hydrogen-bond donors (Lipinski definition) is 0. The van der Waals surface area contributed by atoms with Crippen LogP contribution in [0.4, 0.5) is 4.39 Å². The fourth-order valence-corrected chi connectivity index (χ4v) is 5.30. The molecule has 0 N–H and O–H groups in total. The number of aryl methyl sites for hydroxylation is 1. The highest BCUT2D eigenvalue weighted by Crippen LogP contribution is 2.29. The Morgan fingerprint density at radius 3 is 2.64 bits per heavy atom. The van der Waals surface area contributed by atoms with E-state index in [0.717, 1.165) is 55.0 Å². The van der Waals surface area contributed by atoms with E-state index in [2.05, 4.69) is 21.8 Å². The first-order valence-electron chi connectivity index (χ1n) is 11.1. The summed E-state index contributed by atoms with van der Waals surface area (Å²) in [5, 5.41) is 0.524. The van der Waals surface area contributed by atoms with E-state index < -0.39 is 0 Å². The van der Waals surface area contributed by atoms with E-state index in [-0.39, 0.29) is 17.8 Å². The Morgan fingerprint density at radius 2 is 1.94 bits per heavy atom. The first-order valence-corrected chi connectivity index (χ1v) is 11.9. The Hall–Kier alpha value is -2.84. The molecule has 174 valence electrons. The summed E-state index contributed by atoms with van der Waals surface area (Å²) >= 11 is 1.24. The van der Waals surface area contributed by atoms with E-state index >= 15 is 0 Å². The molecule has 33 heavy (non-hydrogen) atoms. The summed E-state index contributed by atoms with van der Waals surface area (Å²) in [5.74, 6) is 0.511. The summed E-state index contributed by atoms with van der Waals surface area (Å²) < 4.78 is 19.6. The van der Waals surface area contributed by atoms with Crippen LogP contribution in [0.15, 0.2) is 36.7 Å². The molecular formula is C25H29FN4O2S. The number of rotatable bonds is 6. The first-order chi connectivity index (χ1) is 15.9. The van der Waals surface area contributed by atoms with Gasteiger partial charge in [-0.15, -0.1) is 11.3 Å². The molecule has 0 unspecified atom stereocenters. The van der Waals surface area contributed by atoms with Crippen LogP contribution < -0.4 is 4.74 Å². The smallest absolute Gasteiger partial charge is 0.265 e.